The molecule has 1 aliphatic carbocycles. The third-order valence-electron chi connectivity index (χ3n) is 3.78. The third kappa shape index (κ3) is 3.79. The van der Waals surface area contributed by atoms with Crippen molar-refractivity contribution in [3.05, 3.63) is 23.8 Å². The van der Waals surface area contributed by atoms with Gasteiger partial charge in [-0.15, -0.1) is 0 Å². The number of aliphatic hydroxyl groups is 1. The van der Waals surface area contributed by atoms with Gasteiger partial charge in [-0.1, -0.05) is 0 Å². The topological polar surface area (TPSA) is 58.3 Å². The second-order valence-corrected chi connectivity index (χ2v) is 5.36. The minimum atomic E-state index is -4.37. The quantitative estimate of drug-likeness (QED) is 0.748. The van der Waals surface area contributed by atoms with E-state index in [1.807, 2.05) is 0 Å². The summed E-state index contributed by atoms with van der Waals surface area (Å²) in [5.41, 5.74) is 5.56. The molecule has 0 amide bonds. The number of alkyl halides is 3. The summed E-state index contributed by atoms with van der Waals surface area (Å²) in [4.78, 5) is 0. The predicted octanol–water partition coefficient (Wildman–Crippen LogP) is 3.25. The molecule has 4 N–H and O–H groups in total. The van der Waals surface area contributed by atoms with Crippen molar-refractivity contribution in [3.8, 4) is 0 Å². The molecule has 2 rings (SSSR count). The summed E-state index contributed by atoms with van der Waals surface area (Å²) in [6, 6.07) is 3.35. The van der Waals surface area contributed by atoms with Gasteiger partial charge in [0, 0.05) is 6.54 Å². The Kier molecular flexibility index (Phi) is 4.42. The van der Waals surface area contributed by atoms with Crippen molar-refractivity contribution in [1.82, 2.24) is 0 Å². The minimum absolute atomic E-state index is 0.107. The molecule has 1 aromatic carbocycles. The van der Waals surface area contributed by atoms with E-state index in [0.29, 0.717) is 18.2 Å². The first-order valence-corrected chi connectivity index (χ1v) is 6.75. The van der Waals surface area contributed by atoms with Crippen LogP contribution in [0.15, 0.2) is 18.2 Å². The Hall–Kier alpha value is -1.43. The Morgan fingerprint density at radius 2 is 1.85 bits per heavy atom. The maximum atomic E-state index is 12.5. The molecule has 3 nitrogen and oxygen atoms in total. The molecule has 0 unspecified atom stereocenters. The summed E-state index contributed by atoms with van der Waals surface area (Å²) < 4.78 is 37.5. The van der Waals surface area contributed by atoms with Crippen LogP contribution in [0.4, 0.5) is 24.5 Å². The molecule has 0 heterocycles. The molecule has 1 aromatic rings. The first-order chi connectivity index (χ1) is 9.36. The number of hydrogen-bond donors (Lipinski definition) is 3. The smallest absolute Gasteiger partial charge is 0.397 e. The fourth-order valence-electron chi connectivity index (χ4n) is 2.50. The highest BCUT2D eigenvalue weighted by Crippen LogP contribution is 2.33. The van der Waals surface area contributed by atoms with Gasteiger partial charge in [-0.25, -0.2) is 0 Å². The molecule has 0 saturated heterocycles. The van der Waals surface area contributed by atoms with Gasteiger partial charge >= 0.3 is 6.18 Å². The zero-order chi connectivity index (χ0) is 14.8. The van der Waals surface area contributed by atoms with Crippen molar-refractivity contribution in [2.45, 2.75) is 38.0 Å². The van der Waals surface area contributed by atoms with Crippen molar-refractivity contribution in [2.24, 2.45) is 5.92 Å². The first-order valence-electron chi connectivity index (χ1n) is 6.75. The van der Waals surface area contributed by atoms with E-state index in [0.717, 1.165) is 37.8 Å². The molecule has 20 heavy (non-hydrogen) atoms. The molecule has 1 aliphatic rings. The summed E-state index contributed by atoms with van der Waals surface area (Å²) in [6.45, 7) is 0.669. The van der Waals surface area contributed by atoms with E-state index in [1.165, 1.54) is 6.07 Å². The van der Waals surface area contributed by atoms with E-state index in [4.69, 9.17) is 5.73 Å². The molecule has 0 bridgehead atoms. The van der Waals surface area contributed by atoms with Gasteiger partial charge in [-0.3, -0.25) is 0 Å². The standard InChI is InChI=1S/C14H19F3N2O/c15-14(16,17)10-3-6-13(12(18)7-10)19-8-9-1-4-11(20)5-2-9/h3,6-7,9,11,19-20H,1-2,4-5,8,18H2. The monoisotopic (exact) mass is 288 g/mol. The number of rotatable bonds is 3. The Bertz CT molecular complexity index is 454. The normalized spacial score (nSPS) is 23.6. The summed E-state index contributed by atoms with van der Waals surface area (Å²) in [5.74, 6) is 0.431. The van der Waals surface area contributed by atoms with Crippen LogP contribution in [0.25, 0.3) is 0 Å². The molecule has 0 aromatic heterocycles. The summed E-state index contributed by atoms with van der Waals surface area (Å²) in [7, 11) is 0. The number of nitrogens with one attached hydrogen (secondary N) is 1. The van der Waals surface area contributed by atoms with Crippen LogP contribution < -0.4 is 11.1 Å². The number of benzene rings is 1. The molecular formula is C14H19F3N2O. The molecule has 0 aliphatic heterocycles. The lowest BCUT2D eigenvalue weighted by Gasteiger charge is -2.26. The van der Waals surface area contributed by atoms with Crippen LogP contribution in [0.5, 0.6) is 0 Å². The van der Waals surface area contributed by atoms with Crippen LogP contribution in [0.2, 0.25) is 0 Å². The highest BCUT2D eigenvalue weighted by atomic mass is 19.4. The van der Waals surface area contributed by atoms with Crippen molar-refractivity contribution in [2.75, 3.05) is 17.6 Å². The fourth-order valence-corrected chi connectivity index (χ4v) is 2.50. The van der Waals surface area contributed by atoms with Gasteiger partial charge in [0.25, 0.3) is 0 Å². The minimum Gasteiger partial charge on any atom is -0.397 e. The van der Waals surface area contributed by atoms with E-state index in [-0.39, 0.29) is 11.8 Å². The number of anilines is 2. The van der Waals surface area contributed by atoms with Gasteiger partial charge in [-0.2, -0.15) is 13.2 Å². The highest BCUT2D eigenvalue weighted by molar-refractivity contribution is 5.67. The third-order valence-corrected chi connectivity index (χ3v) is 3.78. The maximum Gasteiger partial charge on any atom is 0.416 e. The van der Waals surface area contributed by atoms with Crippen molar-refractivity contribution in [1.29, 1.82) is 0 Å². The van der Waals surface area contributed by atoms with Crippen LogP contribution in [0.3, 0.4) is 0 Å². The lowest BCUT2D eigenvalue weighted by molar-refractivity contribution is -0.137. The Labute approximate surface area is 116 Å². The van der Waals surface area contributed by atoms with E-state index >= 15 is 0 Å². The Morgan fingerprint density at radius 1 is 1.20 bits per heavy atom. The SMILES string of the molecule is Nc1cc(C(F)(F)F)ccc1NCC1CCC(O)CC1. The van der Waals surface area contributed by atoms with Crippen LogP contribution in [0, 0.1) is 5.92 Å². The van der Waals surface area contributed by atoms with E-state index in [9.17, 15) is 18.3 Å². The predicted molar refractivity (Wildman–Crippen MR) is 72.3 cm³/mol. The van der Waals surface area contributed by atoms with Crippen LogP contribution in [0.1, 0.15) is 31.2 Å². The van der Waals surface area contributed by atoms with Gasteiger partial charge in [0.1, 0.15) is 0 Å². The van der Waals surface area contributed by atoms with E-state index < -0.39 is 11.7 Å². The molecule has 1 fully saturated rings. The maximum absolute atomic E-state index is 12.5. The van der Waals surface area contributed by atoms with E-state index in [2.05, 4.69) is 5.32 Å². The van der Waals surface area contributed by atoms with Crippen LogP contribution in [-0.4, -0.2) is 17.8 Å². The zero-order valence-corrected chi connectivity index (χ0v) is 11.1. The lowest BCUT2D eigenvalue weighted by atomic mass is 9.87. The van der Waals surface area contributed by atoms with Crippen LogP contribution >= 0.6 is 0 Å². The van der Waals surface area contributed by atoms with Crippen molar-refractivity contribution >= 4 is 11.4 Å². The molecule has 6 heteroatoms. The Morgan fingerprint density at radius 3 is 2.40 bits per heavy atom. The van der Waals surface area contributed by atoms with Gasteiger partial charge in [0.2, 0.25) is 0 Å². The summed E-state index contributed by atoms with van der Waals surface area (Å²) in [5, 5.41) is 12.5. The molecule has 0 atom stereocenters. The second kappa shape index (κ2) is 5.91. The number of nitrogens with two attached hydrogens (primary N) is 1. The number of aliphatic hydroxyl groups excluding tert-OH is 1. The molecule has 0 radical (unpaired) electrons. The van der Waals surface area contributed by atoms with Gasteiger partial charge < -0.3 is 16.2 Å². The molecule has 1 saturated carbocycles. The second-order valence-electron chi connectivity index (χ2n) is 5.36. The number of hydrogen-bond acceptors (Lipinski definition) is 3. The fraction of sp³-hybridized carbons (Fsp3) is 0.571. The van der Waals surface area contributed by atoms with Gasteiger partial charge in [-0.05, 0) is 49.8 Å². The number of halogens is 3. The summed E-state index contributed by atoms with van der Waals surface area (Å²) >= 11 is 0. The largest absolute Gasteiger partial charge is 0.416 e. The van der Waals surface area contributed by atoms with Gasteiger partial charge in [0.15, 0.2) is 0 Å². The molecule has 112 valence electrons. The first kappa shape index (κ1) is 15.0. The summed E-state index contributed by atoms with van der Waals surface area (Å²) in [6.07, 6.45) is -1.15. The van der Waals surface area contributed by atoms with Crippen molar-refractivity contribution in [3.63, 3.8) is 0 Å². The average molecular weight is 288 g/mol. The molecular weight excluding hydrogens is 269 g/mol. The number of nitrogen functional groups attached to an aromatic ring is 1. The van der Waals surface area contributed by atoms with Crippen LogP contribution in [-0.2, 0) is 6.18 Å². The van der Waals surface area contributed by atoms with Crippen molar-refractivity contribution < 1.29 is 18.3 Å². The lowest BCUT2D eigenvalue weighted by Crippen LogP contribution is -2.23. The zero-order valence-electron chi connectivity index (χ0n) is 11.1. The Balaban J connectivity index is 1.93. The van der Waals surface area contributed by atoms with Gasteiger partial charge in [0.05, 0.1) is 23.0 Å². The average Bonchev–Trinajstić information content (AvgIpc) is 2.38. The highest BCUT2D eigenvalue weighted by Gasteiger charge is 2.30. The molecule has 0 spiro atoms. The van der Waals surface area contributed by atoms with E-state index in [1.54, 1.807) is 0 Å².